The Bertz CT molecular complexity index is 816. The maximum atomic E-state index is 11.7. The van der Waals surface area contributed by atoms with Crippen LogP contribution in [0.25, 0.3) is 0 Å². The van der Waals surface area contributed by atoms with Gasteiger partial charge in [-0.3, -0.25) is 0 Å². The van der Waals surface area contributed by atoms with Gasteiger partial charge in [-0.2, -0.15) is 0 Å². The molecule has 1 amide bonds. The van der Waals surface area contributed by atoms with Gasteiger partial charge in [0.15, 0.2) is 0 Å². The SMILES string of the molecule is COC(=O)NC1CNC(C(c2ccc(C(C)(C)C)cc2)c2ccc(C(C)(C)C)cc2)C1. The lowest BCUT2D eigenvalue weighted by Crippen LogP contribution is -2.35. The van der Waals surface area contributed by atoms with Crippen molar-refractivity contribution in [2.75, 3.05) is 13.7 Å². The summed E-state index contributed by atoms with van der Waals surface area (Å²) in [5.74, 6) is 0.215. The second-order valence-electron chi connectivity index (χ2n) is 10.8. The van der Waals surface area contributed by atoms with Crippen LogP contribution in [0.15, 0.2) is 48.5 Å². The number of benzene rings is 2. The van der Waals surface area contributed by atoms with Crippen LogP contribution in [0, 0.1) is 0 Å². The van der Waals surface area contributed by atoms with Crippen LogP contribution in [0.4, 0.5) is 4.79 Å². The monoisotopic (exact) mass is 422 g/mol. The minimum absolute atomic E-state index is 0.0719. The predicted molar refractivity (Wildman–Crippen MR) is 128 cm³/mol. The van der Waals surface area contributed by atoms with Crippen molar-refractivity contribution in [3.63, 3.8) is 0 Å². The number of rotatable bonds is 4. The summed E-state index contributed by atoms with van der Waals surface area (Å²) in [5, 5.41) is 6.60. The van der Waals surface area contributed by atoms with Crippen LogP contribution in [0.5, 0.6) is 0 Å². The molecule has 3 rings (SSSR count). The van der Waals surface area contributed by atoms with Gasteiger partial charge in [-0.05, 0) is 39.5 Å². The second-order valence-corrected chi connectivity index (χ2v) is 10.8. The molecule has 4 nitrogen and oxygen atoms in total. The van der Waals surface area contributed by atoms with E-state index in [0.717, 1.165) is 13.0 Å². The van der Waals surface area contributed by atoms with E-state index in [9.17, 15) is 4.79 Å². The fourth-order valence-electron chi connectivity index (χ4n) is 4.39. The fourth-order valence-corrected chi connectivity index (χ4v) is 4.39. The number of hydrogen-bond acceptors (Lipinski definition) is 3. The van der Waals surface area contributed by atoms with Crippen molar-refractivity contribution in [3.05, 3.63) is 70.8 Å². The molecular formula is C27H38N2O2. The number of hydrogen-bond donors (Lipinski definition) is 2. The van der Waals surface area contributed by atoms with Gasteiger partial charge in [0, 0.05) is 24.5 Å². The topological polar surface area (TPSA) is 50.4 Å². The number of alkyl carbamates (subject to hydrolysis) is 1. The molecule has 2 aromatic carbocycles. The molecule has 0 saturated carbocycles. The summed E-state index contributed by atoms with van der Waals surface area (Å²) in [7, 11) is 1.41. The molecule has 2 aromatic rings. The lowest BCUT2D eigenvalue weighted by Gasteiger charge is -2.27. The Hall–Kier alpha value is -2.33. The zero-order valence-electron chi connectivity index (χ0n) is 20.1. The first-order valence-corrected chi connectivity index (χ1v) is 11.3. The van der Waals surface area contributed by atoms with Gasteiger partial charge >= 0.3 is 6.09 Å². The maximum Gasteiger partial charge on any atom is 0.407 e. The zero-order chi connectivity index (χ0) is 22.8. The summed E-state index contributed by atoms with van der Waals surface area (Å²) in [6.45, 7) is 14.2. The van der Waals surface area contributed by atoms with E-state index in [4.69, 9.17) is 4.74 Å². The minimum atomic E-state index is -0.368. The predicted octanol–water partition coefficient (Wildman–Crippen LogP) is 5.50. The summed E-state index contributed by atoms with van der Waals surface area (Å²) in [6.07, 6.45) is 0.495. The molecule has 1 aliphatic rings. The Morgan fingerprint density at radius 1 is 0.903 bits per heavy atom. The van der Waals surface area contributed by atoms with E-state index in [2.05, 4.69) is 101 Å². The molecule has 1 aliphatic heterocycles. The molecule has 1 heterocycles. The molecule has 2 atom stereocenters. The number of nitrogens with one attached hydrogen (secondary N) is 2. The minimum Gasteiger partial charge on any atom is -0.453 e. The van der Waals surface area contributed by atoms with Gasteiger partial charge < -0.3 is 15.4 Å². The standard InChI is InChI=1S/C27H38N2O2/c1-26(2,3)20-12-8-18(9-13-20)24(19-10-14-21(15-11-19)27(4,5)6)23-16-22(17-28-23)29-25(30)31-7/h8-15,22-24,28H,16-17H2,1-7H3,(H,29,30). The summed E-state index contributed by atoms with van der Waals surface area (Å²) >= 11 is 0. The molecule has 4 heteroatoms. The largest absolute Gasteiger partial charge is 0.453 e. The first-order valence-electron chi connectivity index (χ1n) is 11.3. The molecule has 1 fully saturated rings. The van der Waals surface area contributed by atoms with Gasteiger partial charge in [-0.15, -0.1) is 0 Å². The second kappa shape index (κ2) is 9.04. The number of carbonyl (C=O) groups is 1. The van der Waals surface area contributed by atoms with Crippen LogP contribution in [0.3, 0.4) is 0 Å². The van der Waals surface area contributed by atoms with E-state index in [1.54, 1.807) is 0 Å². The summed E-state index contributed by atoms with van der Waals surface area (Å²) in [4.78, 5) is 11.7. The van der Waals surface area contributed by atoms with Gasteiger partial charge in [-0.25, -0.2) is 4.79 Å². The molecule has 0 spiro atoms. The summed E-state index contributed by atoms with van der Waals surface area (Å²) in [5.41, 5.74) is 5.53. The molecule has 2 N–H and O–H groups in total. The molecule has 0 radical (unpaired) electrons. The van der Waals surface area contributed by atoms with Crippen molar-refractivity contribution < 1.29 is 9.53 Å². The van der Waals surface area contributed by atoms with E-state index in [0.29, 0.717) is 0 Å². The lowest BCUT2D eigenvalue weighted by molar-refractivity contribution is 0.167. The van der Waals surface area contributed by atoms with Crippen LogP contribution < -0.4 is 10.6 Å². The van der Waals surface area contributed by atoms with Gasteiger partial charge in [-0.1, -0.05) is 90.1 Å². The third-order valence-corrected chi connectivity index (χ3v) is 6.35. The van der Waals surface area contributed by atoms with Crippen molar-refractivity contribution in [3.8, 4) is 0 Å². The van der Waals surface area contributed by atoms with E-state index < -0.39 is 0 Å². The van der Waals surface area contributed by atoms with E-state index in [1.165, 1.54) is 29.4 Å². The molecule has 168 valence electrons. The first kappa shape index (κ1) is 23.3. The van der Waals surface area contributed by atoms with Crippen molar-refractivity contribution in [1.82, 2.24) is 10.6 Å². The molecule has 1 saturated heterocycles. The summed E-state index contributed by atoms with van der Waals surface area (Å²) in [6, 6.07) is 18.4. The van der Waals surface area contributed by atoms with Crippen LogP contribution in [0.2, 0.25) is 0 Å². The Labute approximate surface area is 187 Å². The third-order valence-electron chi connectivity index (χ3n) is 6.35. The highest BCUT2D eigenvalue weighted by Gasteiger charge is 2.33. The van der Waals surface area contributed by atoms with Crippen molar-refractivity contribution >= 4 is 6.09 Å². The normalized spacial score (nSPS) is 19.5. The number of carbonyl (C=O) groups excluding carboxylic acids is 1. The molecule has 0 aromatic heterocycles. The first-order chi connectivity index (χ1) is 14.5. The smallest absolute Gasteiger partial charge is 0.407 e. The van der Waals surface area contributed by atoms with Gasteiger partial charge in [0.1, 0.15) is 0 Å². The Morgan fingerprint density at radius 2 is 1.35 bits per heavy atom. The van der Waals surface area contributed by atoms with Gasteiger partial charge in [0.25, 0.3) is 0 Å². The van der Waals surface area contributed by atoms with Crippen molar-refractivity contribution in [2.45, 2.75) is 76.8 Å². The third kappa shape index (κ3) is 5.68. The molecule has 0 bridgehead atoms. The lowest BCUT2D eigenvalue weighted by atomic mass is 9.80. The molecular weight excluding hydrogens is 384 g/mol. The average molecular weight is 423 g/mol. The maximum absolute atomic E-state index is 11.7. The highest BCUT2D eigenvalue weighted by atomic mass is 16.5. The van der Waals surface area contributed by atoms with Crippen LogP contribution >= 0.6 is 0 Å². The van der Waals surface area contributed by atoms with Crippen LogP contribution in [-0.4, -0.2) is 31.8 Å². The highest BCUT2D eigenvalue weighted by Crippen LogP contribution is 2.35. The number of methoxy groups -OCH3 is 1. The molecule has 0 aliphatic carbocycles. The Kier molecular flexibility index (Phi) is 6.80. The van der Waals surface area contributed by atoms with E-state index in [-0.39, 0.29) is 34.9 Å². The zero-order valence-corrected chi connectivity index (χ0v) is 20.1. The van der Waals surface area contributed by atoms with Crippen LogP contribution in [-0.2, 0) is 15.6 Å². The number of ether oxygens (including phenoxy) is 1. The molecule has 2 unspecified atom stereocenters. The van der Waals surface area contributed by atoms with Gasteiger partial charge in [0.2, 0.25) is 0 Å². The van der Waals surface area contributed by atoms with Crippen molar-refractivity contribution in [2.24, 2.45) is 0 Å². The van der Waals surface area contributed by atoms with E-state index >= 15 is 0 Å². The summed E-state index contributed by atoms with van der Waals surface area (Å²) < 4.78 is 4.79. The van der Waals surface area contributed by atoms with Crippen molar-refractivity contribution in [1.29, 1.82) is 0 Å². The molecule has 31 heavy (non-hydrogen) atoms. The Morgan fingerprint density at radius 3 is 1.74 bits per heavy atom. The van der Waals surface area contributed by atoms with E-state index in [1.807, 2.05) is 0 Å². The highest BCUT2D eigenvalue weighted by molar-refractivity contribution is 5.67. The average Bonchev–Trinajstić information content (AvgIpc) is 3.15. The Balaban J connectivity index is 1.92. The fraction of sp³-hybridized carbons (Fsp3) is 0.519. The van der Waals surface area contributed by atoms with Crippen LogP contribution in [0.1, 0.15) is 76.1 Å². The van der Waals surface area contributed by atoms with Gasteiger partial charge in [0.05, 0.1) is 7.11 Å². The number of amides is 1. The quantitative estimate of drug-likeness (QED) is 0.684.